The summed E-state index contributed by atoms with van der Waals surface area (Å²) < 4.78 is 25.5. The standard InChI is InChI=1S/C10H8F2N4O/c11-6-2-1-5(3-7(6)12)14-10(17)8-4-9(13)16-15-8/h1-4H,(H,14,17)(H3,13,15,16). The fourth-order valence-electron chi connectivity index (χ4n) is 1.23. The third kappa shape index (κ3) is 2.39. The largest absolute Gasteiger partial charge is 0.382 e. The third-order valence-electron chi connectivity index (χ3n) is 2.02. The van der Waals surface area contributed by atoms with E-state index in [1.165, 1.54) is 12.1 Å². The van der Waals surface area contributed by atoms with Crippen LogP contribution in [0.15, 0.2) is 24.3 Å². The number of carbonyl (C=O) groups excluding carboxylic acids is 1. The van der Waals surface area contributed by atoms with Crippen LogP contribution < -0.4 is 11.1 Å². The summed E-state index contributed by atoms with van der Waals surface area (Å²) in [6.07, 6.45) is 0. The van der Waals surface area contributed by atoms with Crippen molar-refractivity contribution in [3.63, 3.8) is 0 Å². The van der Waals surface area contributed by atoms with E-state index in [9.17, 15) is 13.6 Å². The number of hydrogen-bond donors (Lipinski definition) is 3. The van der Waals surface area contributed by atoms with Crippen molar-refractivity contribution in [3.8, 4) is 0 Å². The van der Waals surface area contributed by atoms with E-state index in [0.29, 0.717) is 0 Å². The molecule has 1 amide bonds. The Morgan fingerprint density at radius 1 is 1.29 bits per heavy atom. The van der Waals surface area contributed by atoms with Crippen molar-refractivity contribution in [1.82, 2.24) is 10.2 Å². The first kappa shape index (κ1) is 11.1. The molecule has 2 aromatic rings. The lowest BCUT2D eigenvalue weighted by atomic mass is 10.3. The van der Waals surface area contributed by atoms with Gasteiger partial charge in [-0.1, -0.05) is 0 Å². The molecule has 17 heavy (non-hydrogen) atoms. The van der Waals surface area contributed by atoms with Gasteiger partial charge in [-0.3, -0.25) is 9.89 Å². The molecule has 7 heteroatoms. The zero-order valence-electron chi connectivity index (χ0n) is 8.50. The van der Waals surface area contributed by atoms with Gasteiger partial charge in [0.05, 0.1) is 0 Å². The molecule has 0 atom stereocenters. The highest BCUT2D eigenvalue weighted by molar-refractivity contribution is 6.03. The number of nitrogens with zero attached hydrogens (tertiary/aromatic N) is 1. The fourth-order valence-corrected chi connectivity index (χ4v) is 1.23. The molecule has 0 aliphatic heterocycles. The maximum absolute atomic E-state index is 12.9. The van der Waals surface area contributed by atoms with Gasteiger partial charge in [0.15, 0.2) is 11.6 Å². The number of hydrogen-bond acceptors (Lipinski definition) is 3. The van der Waals surface area contributed by atoms with Crippen LogP contribution >= 0.6 is 0 Å². The molecule has 1 heterocycles. The Labute approximate surface area is 94.6 Å². The smallest absolute Gasteiger partial charge is 0.273 e. The van der Waals surface area contributed by atoms with E-state index in [4.69, 9.17) is 5.73 Å². The lowest BCUT2D eigenvalue weighted by molar-refractivity contribution is 0.102. The molecular formula is C10H8F2N4O. The maximum atomic E-state index is 12.9. The molecule has 0 saturated carbocycles. The van der Waals surface area contributed by atoms with Crippen molar-refractivity contribution in [1.29, 1.82) is 0 Å². The number of halogens is 2. The minimum atomic E-state index is -1.04. The summed E-state index contributed by atoms with van der Waals surface area (Å²) >= 11 is 0. The second-order valence-electron chi connectivity index (χ2n) is 3.29. The van der Waals surface area contributed by atoms with Crippen LogP contribution in [0.2, 0.25) is 0 Å². The fraction of sp³-hybridized carbons (Fsp3) is 0. The Balaban J connectivity index is 2.15. The second-order valence-corrected chi connectivity index (χ2v) is 3.29. The summed E-state index contributed by atoms with van der Waals surface area (Å²) in [6, 6.07) is 4.38. The highest BCUT2D eigenvalue weighted by Gasteiger charge is 2.10. The monoisotopic (exact) mass is 238 g/mol. The third-order valence-corrected chi connectivity index (χ3v) is 2.02. The number of carbonyl (C=O) groups is 1. The van der Waals surface area contributed by atoms with Crippen LogP contribution in [-0.2, 0) is 0 Å². The van der Waals surface area contributed by atoms with Gasteiger partial charge >= 0.3 is 0 Å². The Kier molecular flexibility index (Phi) is 2.73. The Morgan fingerprint density at radius 3 is 2.65 bits per heavy atom. The van der Waals surface area contributed by atoms with E-state index in [2.05, 4.69) is 15.5 Å². The lowest BCUT2D eigenvalue weighted by Gasteiger charge is -2.03. The van der Waals surface area contributed by atoms with Crippen LogP contribution in [0.3, 0.4) is 0 Å². The van der Waals surface area contributed by atoms with E-state index in [-0.39, 0.29) is 17.2 Å². The molecule has 5 nitrogen and oxygen atoms in total. The quantitative estimate of drug-likeness (QED) is 0.741. The molecule has 4 N–H and O–H groups in total. The molecule has 0 unspecified atom stereocenters. The number of H-pyrrole nitrogens is 1. The summed E-state index contributed by atoms with van der Waals surface area (Å²) in [4.78, 5) is 11.6. The first-order chi connectivity index (χ1) is 8.06. The number of rotatable bonds is 2. The summed E-state index contributed by atoms with van der Waals surface area (Å²) in [5.74, 6) is -2.39. The minimum Gasteiger partial charge on any atom is -0.382 e. The Morgan fingerprint density at radius 2 is 2.06 bits per heavy atom. The predicted molar refractivity (Wildman–Crippen MR) is 57.3 cm³/mol. The zero-order chi connectivity index (χ0) is 12.4. The summed E-state index contributed by atoms with van der Waals surface area (Å²) in [7, 11) is 0. The van der Waals surface area contributed by atoms with E-state index < -0.39 is 17.5 Å². The van der Waals surface area contributed by atoms with Crippen LogP contribution in [0.25, 0.3) is 0 Å². The summed E-state index contributed by atoms with van der Waals surface area (Å²) in [5.41, 5.74) is 5.59. The number of anilines is 2. The predicted octanol–water partition coefficient (Wildman–Crippen LogP) is 1.52. The van der Waals surface area contributed by atoms with Crippen molar-refractivity contribution in [2.45, 2.75) is 0 Å². The molecule has 0 saturated heterocycles. The molecule has 2 rings (SSSR count). The number of nitrogens with two attached hydrogens (primary N) is 1. The van der Waals surface area contributed by atoms with Crippen molar-refractivity contribution >= 4 is 17.4 Å². The molecule has 0 bridgehead atoms. The van der Waals surface area contributed by atoms with Gasteiger partial charge in [0.1, 0.15) is 11.5 Å². The number of nitrogens with one attached hydrogen (secondary N) is 2. The van der Waals surface area contributed by atoms with Gasteiger partial charge < -0.3 is 11.1 Å². The molecule has 1 aromatic heterocycles. The molecule has 0 aliphatic carbocycles. The van der Waals surface area contributed by atoms with Crippen LogP contribution in [0, 0.1) is 11.6 Å². The van der Waals surface area contributed by atoms with Crippen LogP contribution in [-0.4, -0.2) is 16.1 Å². The first-order valence-corrected chi connectivity index (χ1v) is 4.63. The summed E-state index contributed by atoms with van der Waals surface area (Å²) in [5, 5.41) is 8.33. The van der Waals surface area contributed by atoms with E-state index in [0.717, 1.165) is 12.1 Å². The van der Waals surface area contributed by atoms with E-state index in [1.807, 2.05) is 0 Å². The minimum absolute atomic E-state index is 0.132. The average molecular weight is 238 g/mol. The van der Waals surface area contributed by atoms with E-state index in [1.54, 1.807) is 0 Å². The average Bonchev–Trinajstić information content (AvgIpc) is 2.70. The second kappa shape index (κ2) is 4.20. The molecule has 0 spiro atoms. The topological polar surface area (TPSA) is 83.8 Å². The number of aromatic nitrogens is 2. The van der Waals surface area contributed by atoms with Crippen molar-refractivity contribution < 1.29 is 13.6 Å². The van der Waals surface area contributed by atoms with Gasteiger partial charge in [0.25, 0.3) is 5.91 Å². The van der Waals surface area contributed by atoms with Gasteiger partial charge in [-0.15, -0.1) is 0 Å². The molecule has 88 valence electrons. The van der Waals surface area contributed by atoms with Gasteiger partial charge in [-0.05, 0) is 12.1 Å². The molecular weight excluding hydrogens is 230 g/mol. The molecule has 0 radical (unpaired) electrons. The number of aromatic amines is 1. The van der Waals surface area contributed by atoms with Gasteiger partial charge in [-0.2, -0.15) is 5.10 Å². The van der Waals surface area contributed by atoms with Crippen LogP contribution in [0.1, 0.15) is 10.5 Å². The molecule has 0 fully saturated rings. The Hall–Kier alpha value is -2.44. The van der Waals surface area contributed by atoms with Crippen molar-refractivity contribution in [2.75, 3.05) is 11.1 Å². The number of amides is 1. The number of benzene rings is 1. The van der Waals surface area contributed by atoms with Crippen LogP contribution in [0.5, 0.6) is 0 Å². The normalized spacial score (nSPS) is 10.2. The molecule has 0 aliphatic rings. The highest BCUT2D eigenvalue weighted by atomic mass is 19.2. The van der Waals surface area contributed by atoms with E-state index >= 15 is 0 Å². The Bertz CT molecular complexity index is 567. The van der Waals surface area contributed by atoms with Gasteiger partial charge in [-0.25, -0.2) is 8.78 Å². The first-order valence-electron chi connectivity index (χ1n) is 4.63. The van der Waals surface area contributed by atoms with Crippen molar-refractivity contribution in [3.05, 3.63) is 41.6 Å². The highest BCUT2D eigenvalue weighted by Crippen LogP contribution is 2.14. The van der Waals surface area contributed by atoms with Crippen molar-refractivity contribution in [2.24, 2.45) is 0 Å². The van der Waals surface area contributed by atoms with Gasteiger partial charge in [0.2, 0.25) is 0 Å². The van der Waals surface area contributed by atoms with Crippen LogP contribution in [0.4, 0.5) is 20.3 Å². The molecule has 1 aromatic carbocycles. The number of nitrogen functional groups attached to an aromatic ring is 1. The van der Waals surface area contributed by atoms with Gasteiger partial charge in [0, 0.05) is 17.8 Å². The summed E-state index contributed by atoms with van der Waals surface area (Å²) in [6.45, 7) is 0. The zero-order valence-corrected chi connectivity index (χ0v) is 8.50. The SMILES string of the molecule is Nc1cc(C(=O)Nc2ccc(F)c(F)c2)[nH]n1. The maximum Gasteiger partial charge on any atom is 0.273 e. The lowest BCUT2D eigenvalue weighted by Crippen LogP contribution is -2.12.